The molecule has 7 heteroatoms. The summed E-state index contributed by atoms with van der Waals surface area (Å²) in [5.41, 5.74) is 3.11. The van der Waals surface area contributed by atoms with Crippen molar-refractivity contribution in [3.8, 4) is 6.07 Å². The van der Waals surface area contributed by atoms with Gasteiger partial charge >= 0.3 is 0 Å². The van der Waals surface area contributed by atoms with Crippen LogP contribution in [-0.4, -0.2) is 21.3 Å². The Labute approximate surface area is 150 Å². The number of anilines is 1. The van der Waals surface area contributed by atoms with E-state index < -0.39 is 5.82 Å². The molecular weight excluding hydrogens is 341 g/mol. The highest BCUT2D eigenvalue weighted by molar-refractivity contribution is 6.36. The van der Waals surface area contributed by atoms with Crippen molar-refractivity contribution in [3.63, 3.8) is 0 Å². The number of hydrogen-bond acceptors (Lipinski definition) is 4. The number of aromatic nitrogens is 3. The van der Waals surface area contributed by atoms with E-state index in [-0.39, 0.29) is 5.52 Å². The molecule has 0 saturated heterocycles. The molecule has 0 saturated carbocycles. The third-order valence-electron chi connectivity index (χ3n) is 3.99. The summed E-state index contributed by atoms with van der Waals surface area (Å²) >= 11 is 6.23. The number of nitrogens with one attached hydrogen (secondary N) is 1. The quantitative estimate of drug-likeness (QED) is 0.694. The van der Waals surface area contributed by atoms with Gasteiger partial charge in [0.05, 0.1) is 22.0 Å². The van der Waals surface area contributed by atoms with Crippen LogP contribution < -0.4 is 5.32 Å². The van der Waals surface area contributed by atoms with E-state index in [9.17, 15) is 9.65 Å². The molecule has 5 nitrogen and oxygen atoms in total. The highest BCUT2D eigenvalue weighted by atomic mass is 35.5. The zero-order valence-electron chi connectivity index (χ0n) is 14.0. The Kier molecular flexibility index (Phi) is 4.86. The van der Waals surface area contributed by atoms with Gasteiger partial charge in [0, 0.05) is 30.4 Å². The van der Waals surface area contributed by atoms with Gasteiger partial charge in [-0.3, -0.25) is 9.67 Å². The van der Waals surface area contributed by atoms with Gasteiger partial charge in [-0.05, 0) is 38.5 Å². The topological polar surface area (TPSA) is 66.5 Å². The number of benzene rings is 1. The number of halogens is 2. The molecule has 0 unspecified atom stereocenters. The largest absolute Gasteiger partial charge is 0.383 e. The van der Waals surface area contributed by atoms with Gasteiger partial charge in [-0.2, -0.15) is 10.4 Å². The Morgan fingerprint density at radius 1 is 1.36 bits per heavy atom. The molecular formula is C18H17ClFN5. The van der Waals surface area contributed by atoms with Gasteiger partial charge in [-0.1, -0.05) is 11.6 Å². The summed E-state index contributed by atoms with van der Waals surface area (Å²) in [5.74, 6) is -0.463. The monoisotopic (exact) mass is 357 g/mol. The van der Waals surface area contributed by atoms with Crippen molar-refractivity contribution in [1.29, 1.82) is 5.26 Å². The van der Waals surface area contributed by atoms with Gasteiger partial charge in [0.25, 0.3) is 0 Å². The molecule has 0 aliphatic rings. The van der Waals surface area contributed by atoms with Crippen molar-refractivity contribution in [2.75, 3.05) is 11.9 Å². The molecule has 0 radical (unpaired) electrons. The van der Waals surface area contributed by atoms with E-state index in [0.29, 0.717) is 28.2 Å². The van der Waals surface area contributed by atoms with Crippen LogP contribution in [0, 0.1) is 31.0 Å². The maximum Gasteiger partial charge on any atom is 0.149 e. The van der Waals surface area contributed by atoms with E-state index in [1.54, 1.807) is 0 Å². The lowest BCUT2D eigenvalue weighted by atomic mass is 10.1. The Bertz CT molecular complexity index is 974. The molecule has 1 N–H and O–H groups in total. The molecule has 0 fully saturated rings. The summed E-state index contributed by atoms with van der Waals surface area (Å²) in [4.78, 5) is 4.03. The van der Waals surface area contributed by atoms with Crippen LogP contribution in [0.25, 0.3) is 10.9 Å². The van der Waals surface area contributed by atoms with Gasteiger partial charge in [0.15, 0.2) is 0 Å². The molecule has 1 aromatic carbocycles. The average Bonchev–Trinajstić information content (AvgIpc) is 2.92. The summed E-state index contributed by atoms with van der Waals surface area (Å²) in [6.45, 7) is 5.32. The van der Waals surface area contributed by atoms with Crippen LogP contribution in [0.15, 0.2) is 24.4 Å². The second-order valence-electron chi connectivity index (χ2n) is 5.84. The van der Waals surface area contributed by atoms with Crippen LogP contribution in [0.3, 0.4) is 0 Å². The number of aryl methyl sites for hydroxylation is 3. The molecule has 2 heterocycles. The van der Waals surface area contributed by atoms with Crippen LogP contribution in [0.1, 0.15) is 23.4 Å². The molecule has 2 aromatic heterocycles. The maximum absolute atomic E-state index is 14.0. The van der Waals surface area contributed by atoms with E-state index in [2.05, 4.69) is 21.5 Å². The van der Waals surface area contributed by atoms with Crippen molar-refractivity contribution < 1.29 is 4.39 Å². The van der Waals surface area contributed by atoms with Gasteiger partial charge in [0.2, 0.25) is 0 Å². The Balaban J connectivity index is 1.82. The molecule has 0 aliphatic heterocycles. The minimum atomic E-state index is -0.463. The average molecular weight is 358 g/mol. The molecule has 3 rings (SSSR count). The molecule has 0 bridgehead atoms. The van der Waals surface area contributed by atoms with Gasteiger partial charge < -0.3 is 5.32 Å². The van der Waals surface area contributed by atoms with Crippen molar-refractivity contribution in [2.24, 2.45) is 0 Å². The number of rotatable bonds is 5. The third-order valence-corrected chi connectivity index (χ3v) is 4.31. The molecule has 3 aromatic rings. The van der Waals surface area contributed by atoms with E-state index in [0.717, 1.165) is 24.4 Å². The Morgan fingerprint density at radius 2 is 2.16 bits per heavy atom. The second kappa shape index (κ2) is 7.08. The minimum Gasteiger partial charge on any atom is -0.383 e. The van der Waals surface area contributed by atoms with Gasteiger partial charge in [0.1, 0.15) is 17.4 Å². The van der Waals surface area contributed by atoms with Crippen molar-refractivity contribution in [3.05, 3.63) is 52.2 Å². The predicted octanol–water partition coefficient (Wildman–Crippen LogP) is 4.21. The number of fused-ring (bicyclic) bond motifs is 1. The zero-order chi connectivity index (χ0) is 18.0. The second-order valence-corrected chi connectivity index (χ2v) is 6.25. The van der Waals surface area contributed by atoms with E-state index in [4.69, 9.17) is 11.6 Å². The van der Waals surface area contributed by atoms with Crippen LogP contribution in [0.2, 0.25) is 5.02 Å². The summed E-state index contributed by atoms with van der Waals surface area (Å²) < 4.78 is 15.9. The lowest BCUT2D eigenvalue weighted by Gasteiger charge is -2.13. The molecule has 25 heavy (non-hydrogen) atoms. The molecule has 0 spiro atoms. The number of nitrogens with zero attached hydrogens (tertiary/aromatic N) is 4. The summed E-state index contributed by atoms with van der Waals surface area (Å²) in [6.07, 6.45) is 2.16. The van der Waals surface area contributed by atoms with Crippen molar-refractivity contribution in [2.45, 2.75) is 26.8 Å². The first-order chi connectivity index (χ1) is 12.0. The summed E-state index contributed by atoms with van der Waals surface area (Å²) in [7, 11) is 0. The summed E-state index contributed by atoms with van der Waals surface area (Å²) in [5, 5.41) is 17.8. The fourth-order valence-corrected chi connectivity index (χ4v) is 3.09. The van der Waals surface area contributed by atoms with Gasteiger partial charge in [-0.25, -0.2) is 4.39 Å². The number of hydrogen-bond donors (Lipinski definition) is 1. The van der Waals surface area contributed by atoms with E-state index in [1.807, 2.05) is 24.6 Å². The molecule has 128 valence electrons. The summed E-state index contributed by atoms with van der Waals surface area (Å²) in [6, 6.07) is 6.86. The molecule has 0 aliphatic carbocycles. The first-order valence-electron chi connectivity index (χ1n) is 7.93. The highest BCUT2D eigenvalue weighted by Gasteiger charge is 2.14. The number of nitriles is 1. The fraction of sp³-hybridized carbons (Fsp3) is 0.278. The van der Waals surface area contributed by atoms with E-state index in [1.165, 1.54) is 18.3 Å². The van der Waals surface area contributed by atoms with Crippen LogP contribution in [0.5, 0.6) is 0 Å². The van der Waals surface area contributed by atoms with E-state index >= 15 is 0 Å². The Hall–Kier alpha value is -2.65. The van der Waals surface area contributed by atoms with Crippen LogP contribution >= 0.6 is 11.6 Å². The third kappa shape index (κ3) is 3.42. The van der Waals surface area contributed by atoms with Crippen molar-refractivity contribution >= 4 is 28.2 Å². The Morgan fingerprint density at radius 3 is 2.84 bits per heavy atom. The fourth-order valence-electron chi connectivity index (χ4n) is 2.85. The standard InChI is InChI=1S/C18H17ClFN5/c1-11-8-12(2)25(24-11)7-3-6-22-17-13(9-21)10-23-18-15(20)5-4-14(19)16(17)18/h4-5,8,10H,3,6-7H2,1-2H3,(H,22,23). The van der Waals surface area contributed by atoms with Crippen LogP contribution in [0.4, 0.5) is 10.1 Å². The lowest BCUT2D eigenvalue weighted by molar-refractivity contribution is 0.574. The zero-order valence-corrected chi connectivity index (χ0v) is 14.7. The minimum absolute atomic E-state index is 0.160. The molecule has 0 atom stereocenters. The first-order valence-corrected chi connectivity index (χ1v) is 8.31. The normalized spacial score (nSPS) is 10.8. The first kappa shape index (κ1) is 17.2. The smallest absolute Gasteiger partial charge is 0.149 e. The van der Waals surface area contributed by atoms with Gasteiger partial charge in [-0.15, -0.1) is 0 Å². The highest BCUT2D eigenvalue weighted by Crippen LogP contribution is 2.33. The SMILES string of the molecule is Cc1cc(C)n(CCCNc2c(C#N)cnc3c(F)ccc(Cl)c23)n1. The van der Waals surface area contributed by atoms with Crippen molar-refractivity contribution in [1.82, 2.24) is 14.8 Å². The lowest BCUT2D eigenvalue weighted by Crippen LogP contribution is -2.10. The maximum atomic E-state index is 14.0. The molecule has 0 amide bonds. The number of pyridine rings is 1. The predicted molar refractivity (Wildman–Crippen MR) is 96.2 cm³/mol. The van der Waals surface area contributed by atoms with Crippen LogP contribution in [-0.2, 0) is 6.54 Å².